The number of aromatic nitrogens is 3. The zero-order chi connectivity index (χ0) is 21.3. The fourth-order valence-electron chi connectivity index (χ4n) is 3.33. The second kappa shape index (κ2) is 7.72. The zero-order valence-corrected chi connectivity index (χ0v) is 16.7. The molecule has 8 heteroatoms. The molecule has 0 radical (unpaired) electrons. The molecule has 0 aliphatic rings. The number of fused-ring (bicyclic) bond motifs is 1. The maximum absolute atomic E-state index is 13.1. The van der Waals surface area contributed by atoms with Crippen LogP contribution in [0.25, 0.3) is 11.0 Å². The summed E-state index contributed by atoms with van der Waals surface area (Å²) in [6.45, 7) is 4.20. The van der Waals surface area contributed by atoms with Gasteiger partial charge in [0.2, 0.25) is 0 Å². The number of nitrogens with zero attached hydrogens (tertiary/aromatic N) is 5. The van der Waals surface area contributed by atoms with Gasteiger partial charge in [-0.05, 0) is 43.7 Å². The van der Waals surface area contributed by atoms with Gasteiger partial charge in [0.15, 0.2) is 0 Å². The van der Waals surface area contributed by atoms with Gasteiger partial charge in [-0.15, -0.1) is 0 Å². The maximum Gasteiger partial charge on any atom is 0.332 e. The molecule has 148 valence electrons. The summed E-state index contributed by atoms with van der Waals surface area (Å²) in [7, 11) is 2.92. The molecular formula is C21H21N5O3. The topological polar surface area (TPSA) is 101 Å². The van der Waals surface area contributed by atoms with Crippen molar-refractivity contribution in [1.29, 1.82) is 5.26 Å². The minimum absolute atomic E-state index is 0.156. The highest BCUT2D eigenvalue weighted by atomic mass is 16.2. The number of benzene rings is 1. The summed E-state index contributed by atoms with van der Waals surface area (Å²) >= 11 is 0. The van der Waals surface area contributed by atoms with Crippen LogP contribution in [0.4, 0.5) is 0 Å². The molecule has 8 nitrogen and oxygen atoms in total. The maximum atomic E-state index is 13.1. The second-order valence-electron chi connectivity index (χ2n) is 6.77. The number of pyridine rings is 1. The molecule has 3 aromatic rings. The molecule has 1 aromatic carbocycles. The molecule has 29 heavy (non-hydrogen) atoms. The van der Waals surface area contributed by atoms with E-state index in [2.05, 4.69) is 11.1 Å². The van der Waals surface area contributed by atoms with Crippen LogP contribution in [0.15, 0.2) is 46.0 Å². The van der Waals surface area contributed by atoms with Crippen LogP contribution >= 0.6 is 0 Å². The van der Waals surface area contributed by atoms with E-state index in [-0.39, 0.29) is 28.7 Å². The van der Waals surface area contributed by atoms with Crippen LogP contribution in [-0.4, -0.2) is 31.5 Å². The highest BCUT2D eigenvalue weighted by Gasteiger charge is 2.23. The third-order valence-electron chi connectivity index (χ3n) is 5.11. The average molecular weight is 391 g/mol. The summed E-state index contributed by atoms with van der Waals surface area (Å²) in [5.41, 5.74) is 0.815. The van der Waals surface area contributed by atoms with Gasteiger partial charge >= 0.3 is 5.69 Å². The van der Waals surface area contributed by atoms with Gasteiger partial charge < -0.3 is 4.90 Å². The van der Waals surface area contributed by atoms with Gasteiger partial charge in [-0.3, -0.25) is 18.7 Å². The lowest BCUT2D eigenvalue weighted by molar-refractivity contribution is 0.0696. The molecule has 0 aliphatic carbocycles. The molecule has 0 saturated carbocycles. The van der Waals surface area contributed by atoms with Crippen LogP contribution in [0.5, 0.6) is 0 Å². The summed E-state index contributed by atoms with van der Waals surface area (Å²) in [6.07, 6.45) is 0. The van der Waals surface area contributed by atoms with Gasteiger partial charge in [0, 0.05) is 20.6 Å². The Bertz CT molecular complexity index is 1250. The molecule has 0 bridgehead atoms. The fraction of sp³-hybridized carbons (Fsp3) is 0.286. The smallest absolute Gasteiger partial charge is 0.331 e. The Balaban J connectivity index is 2.03. The van der Waals surface area contributed by atoms with Gasteiger partial charge in [0.05, 0.1) is 23.1 Å². The molecule has 0 N–H and O–H groups in total. The minimum atomic E-state index is -0.502. The van der Waals surface area contributed by atoms with Crippen LogP contribution < -0.4 is 11.2 Å². The van der Waals surface area contributed by atoms with Crippen molar-refractivity contribution < 1.29 is 4.79 Å². The van der Waals surface area contributed by atoms with Gasteiger partial charge in [0.1, 0.15) is 11.3 Å². The number of amides is 1. The molecule has 2 aromatic heterocycles. The third kappa shape index (κ3) is 3.43. The Morgan fingerprint density at radius 1 is 1.14 bits per heavy atom. The van der Waals surface area contributed by atoms with Gasteiger partial charge in [-0.25, -0.2) is 9.78 Å². The Morgan fingerprint density at radius 2 is 1.79 bits per heavy atom. The highest BCUT2D eigenvalue weighted by molar-refractivity contribution is 5.94. The van der Waals surface area contributed by atoms with Crippen LogP contribution in [0.3, 0.4) is 0 Å². The third-order valence-corrected chi connectivity index (χ3v) is 5.11. The standard InChI is InChI=1S/C21H21N5O3/c1-5-26(13(2)15-8-6-14(12-22)7-9-15)20(28)17-11-10-16-18(23-17)24(3)21(29)25(4)19(16)27/h6-11,13H,5H2,1-4H3. The van der Waals surface area contributed by atoms with E-state index in [1.165, 1.54) is 30.8 Å². The van der Waals surface area contributed by atoms with Crippen molar-refractivity contribution >= 4 is 16.9 Å². The number of rotatable bonds is 4. The lowest BCUT2D eigenvalue weighted by Crippen LogP contribution is -2.38. The Labute approximate surface area is 167 Å². The fourth-order valence-corrected chi connectivity index (χ4v) is 3.33. The Kier molecular flexibility index (Phi) is 5.33. The van der Waals surface area contributed by atoms with Crippen LogP contribution in [-0.2, 0) is 14.1 Å². The summed E-state index contributed by atoms with van der Waals surface area (Å²) in [5.74, 6) is -0.306. The minimum Gasteiger partial charge on any atom is -0.331 e. The van der Waals surface area contributed by atoms with Gasteiger partial charge in [-0.2, -0.15) is 5.26 Å². The number of nitriles is 1. The predicted molar refractivity (Wildman–Crippen MR) is 109 cm³/mol. The first-order valence-electron chi connectivity index (χ1n) is 9.18. The van der Waals surface area contributed by atoms with Crippen molar-refractivity contribution in [2.75, 3.05) is 6.54 Å². The monoisotopic (exact) mass is 391 g/mol. The van der Waals surface area contributed by atoms with Crippen molar-refractivity contribution in [3.8, 4) is 6.07 Å². The molecule has 1 amide bonds. The van der Waals surface area contributed by atoms with Crippen molar-refractivity contribution in [2.24, 2.45) is 14.1 Å². The molecular weight excluding hydrogens is 370 g/mol. The lowest BCUT2D eigenvalue weighted by Gasteiger charge is -2.28. The molecule has 1 unspecified atom stereocenters. The first kappa shape index (κ1) is 20.0. The van der Waals surface area contributed by atoms with Crippen molar-refractivity contribution in [1.82, 2.24) is 19.0 Å². The number of hydrogen-bond donors (Lipinski definition) is 0. The number of hydrogen-bond acceptors (Lipinski definition) is 5. The SMILES string of the molecule is CCN(C(=O)c1ccc2c(=O)n(C)c(=O)n(C)c2n1)C(C)c1ccc(C#N)cc1. The van der Waals surface area contributed by atoms with E-state index in [4.69, 9.17) is 5.26 Å². The summed E-state index contributed by atoms with van der Waals surface area (Å²) in [4.78, 5) is 43.6. The normalized spacial score (nSPS) is 11.8. The van der Waals surface area contributed by atoms with E-state index in [9.17, 15) is 14.4 Å². The van der Waals surface area contributed by atoms with E-state index < -0.39 is 11.2 Å². The summed E-state index contributed by atoms with van der Waals surface area (Å²) in [6, 6.07) is 11.9. The lowest BCUT2D eigenvalue weighted by atomic mass is 10.0. The summed E-state index contributed by atoms with van der Waals surface area (Å²) in [5, 5.41) is 9.23. The Morgan fingerprint density at radius 3 is 2.38 bits per heavy atom. The van der Waals surface area contributed by atoms with Gasteiger partial charge in [-0.1, -0.05) is 12.1 Å². The van der Waals surface area contributed by atoms with Crippen molar-refractivity contribution in [3.63, 3.8) is 0 Å². The highest BCUT2D eigenvalue weighted by Crippen LogP contribution is 2.22. The zero-order valence-electron chi connectivity index (χ0n) is 16.7. The predicted octanol–water partition coefficient (Wildman–Crippen LogP) is 1.73. The molecule has 2 heterocycles. The van der Waals surface area contributed by atoms with Crippen molar-refractivity contribution in [2.45, 2.75) is 19.9 Å². The Hall–Kier alpha value is -3.73. The van der Waals surface area contributed by atoms with Crippen LogP contribution in [0, 0.1) is 11.3 Å². The van der Waals surface area contributed by atoms with Crippen LogP contribution in [0.1, 0.15) is 41.5 Å². The van der Waals surface area contributed by atoms with Gasteiger partial charge in [0.25, 0.3) is 11.5 Å². The number of aryl methyl sites for hydroxylation is 1. The molecule has 0 fully saturated rings. The van der Waals surface area contributed by atoms with Crippen LogP contribution in [0.2, 0.25) is 0 Å². The molecule has 0 saturated heterocycles. The molecule has 0 aliphatic heterocycles. The van der Waals surface area contributed by atoms with E-state index >= 15 is 0 Å². The number of carbonyl (C=O) groups is 1. The van der Waals surface area contributed by atoms with E-state index in [0.29, 0.717) is 12.1 Å². The van der Waals surface area contributed by atoms with E-state index in [1.54, 1.807) is 17.0 Å². The first-order valence-corrected chi connectivity index (χ1v) is 9.18. The summed E-state index contributed by atoms with van der Waals surface area (Å²) < 4.78 is 2.27. The first-order chi connectivity index (χ1) is 13.8. The molecule has 0 spiro atoms. The average Bonchev–Trinajstić information content (AvgIpc) is 2.76. The quantitative estimate of drug-likeness (QED) is 0.674. The van der Waals surface area contributed by atoms with E-state index in [0.717, 1.165) is 10.1 Å². The van der Waals surface area contributed by atoms with E-state index in [1.807, 2.05) is 26.0 Å². The molecule has 1 atom stereocenters. The number of carbonyl (C=O) groups excluding carboxylic acids is 1. The molecule has 3 rings (SSSR count). The largest absolute Gasteiger partial charge is 0.332 e. The second-order valence-corrected chi connectivity index (χ2v) is 6.77. The van der Waals surface area contributed by atoms with Crippen molar-refractivity contribution in [3.05, 3.63) is 74.1 Å².